The Bertz CT molecular complexity index is 1090. The summed E-state index contributed by atoms with van der Waals surface area (Å²) in [4.78, 5) is 15.6. The van der Waals surface area contributed by atoms with Gasteiger partial charge in [0.2, 0.25) is 10.0 Å². The number of nitrogens with zero attached hydrogens (tertiary/aromatic N) is 2. The summed E-state index contributed by atoms with van der Waals surface area (Å²) in [6.45, 7) is 2.81. The molecule has 2 aromatic carbocycles. The van der Waals surface area contributed by atoms with Crippen LogP contribution in [0.1, 0.15) is 36.0 Å². The van der Waals surface area contributed by atoms with E-state index in [2.05, 4.69) is 10.2 Å². The Morgan fingerprint density at radius 1 is 0.938 bits per heavy atom. The summed E-state index contributed by atoms with van der Waals surface area (Å²) >= 11 is 0. The average Bonchev–Trinajstić information content (AvgIpc) is 3.04. The topological polar surface area (TPSA) is 88.2 Å². The summed E-state index contributed by atoms with van der Waals surface area (Å²) < 4.78 is 37.9. The Balaban J connectivity index is 1.68. The molecule has 1 saturated heterocycles. The fourth-order valence-corrected chi connectivity index (χ4v) is 4.85. The molecule has 1 fully saturated rings. The van der Waals surface area contributed by atoms with Crippen LogP contribution in [0.2, 0.25) is 0 Å². The van der Waals surface area contributed by atoms with Crippen LogP contribution in [-0.4, -0.2) is 59.0 Å². The molecule has 2 aliphatic heterocycles. The number of piperidine rings is 1. The van der Waals surface area contributed by atoms with Gasteiger partial charge in [0.25, 0.3) is 5.91 Å². The van der Waals surface area contributed by atoms with Gasteiger partial charge in [0.05, 0.1) is 23.7 Å². The number of hydrogen-bond donors (Lipinski definition) is 1. The standard InChI is InChI=1S/C23H29N3O5S/c1-25(2)32(28,29)18-8-9-20(26-11-4-3-5-12-26)19(16-18)23(27)24-17-7-10-21-22(15-17)31-14-6-13-30-21/h7-10,15-16H,3-6,11-14H2,1-2H3,(H,24,27). The molecule has 0 radical (unpaired) electrons. The summed E-state index contributed by atoms with van der Waals surface area (Å²) in [6.07, 6.45) is 4.03. The second-order valence-electron chi connectivity index (χ2n) is 8.18. The minimum atomic E-state index is -3.67. The lowest BCUT2D eigenvalue weighted by atomic mass is 10.1. The van der Waals surface area contributed by atoms with Gasteiger partial charge in [-0.1, -0.05) is 0 Å². The fraction of sp³-hybridized carbons (Fsp3) is 0.435. The number of fused-ring (bicyclic) bond motifs is 1. The Labute approximate surface area is 189 Å². The number of anilines is 2. The second-order valence-corrected chi connectivity index (χ2v) is 10.3. The highest BCUT2D eigenvalue weighted by atomic mass is 32.2. The number of carbonyl (C=O) groups excluding carboxylic acids is 1. The monoisotopic (exact) mass is 459 g/mol. The molecule has 0 atom stereocenters. The quantitative estimate of drug-likeness (QED) is 0.738. The van der Waals surface area contributed by atoms with E-state index in [9.17, 15) is 13.2 Å². The van der Waals surface area contributed by atoms with Crippen LogP contribution in [-0.2, 0) is 10.0 Å². The van der Waals surface area contributed by atoms with Crippen LogP contribution in [0.25, 0.3) is 0 Å². The van der Waals surface area contributed by atoms with Crippen molar-refractivity contribution in [1.29, 1.82) is 0 Å². The van der Waals surface area contributed by atoms with Crippen LogP contribution in [0.3, 0.4) is 0 Å². The Morgan fingerprint density at radius 2 is 1.66 bits per heavy atom. The molecule has 32 heavy (non-hydrogen) atoms. The van der Waals surface area contributed by atoms with Gasteiger partial charge in [0, 0.05) is 51.0 Å². The number of nitrogens with one attached hydrogen (secondary N) is 1. The van der Waals surface area contributed by atoms with Crippen molar-refractivity contribution in [3.05, 3.63) is 42.0 Å². The molecule has 1 amide bonds. The summed E-state index contributed by atoms with van der Waals surface area (Å²) in [5, 5.41) is 2.91. The molecule has 9 heteroatoms. The van der Waals surface area contributed by atoms with E-state index in [1.54, 1.807) is 30.3 Å². The van der Waals surface area contributed by atoms with Crippen molar-refractivity contribution in [2.24, 2.45) is 0 Å². The number of benzene rings is 2. The largest absolute Gasteiger partial charge is 0.490 e. The smallest absolute Gasteiger partial charge is 0.257 e. The number of hydrogen-bond acceptors (Lipinski definition) is 6. The van der Waals surface area contributed by atoms with E-state index >= 15 is 0 Å². The maximum absolute atomic E-state index is 13.3. The van der Waals surface area contributed by atoms with E-state index in [1.807, 2.05) is 0 Å². The van der Waals surface area contributed by atoms with Gasteiger partial charge in [0.1, 0.15) is 0 Å². The van der Waals surface area contributed by atoms with Crippen molar-refractivity contribution >= 4 is 27.3 Å². The third kappa shape index (κ3) is 4.68. The number of ether oxygens (including phenoxy) is 2. The van der Waals surface area contributed by atoms with Crippen LogP contribution in [0, 0.1) is 0 Å². The minimum absolute atomic E-state index is 0.0899. The van der Waals surface area contributed by atoms with Crippen LogP contribution in [0.5, 0.6) is 11.5 Å². The second kappa shape index (κ2) is 9.38. The first-order valence-electron chi connectivity index (χ1n) is 10.9. The number of sulfonamides is 1. The maximum atomic E-state index is 13.3. The first kappa shape index (κ1) is 22.4. The van der Waals surface area contributed by atoms with Crippen LogP contribution in [0.15, 0.2) is 41.3 Å². The first-order chi connectivity index (χ1) is 15.4. The highest BCUT2D eigenvalue weighted by Gasteiger charge is 2.24. The fourth-order valence-electron chi connectivity index (χ4n) is 3.92. The van der Waals surface area contributed by atoms with Crippen molar-refractivity contribution in [1.82, 2.24) is 4.31 Å². The van der Waals surface area contributed by atoms with Gasteiger partial charge < -0.3 is 19.7 Å². The molecule has 1 N–H and O–H groups in total. The zero-order chi connectivity index (χ0) is 22.7. The number of rotatable bonds is 5. The van der Waals surface area contributed by atoms with Crippen LogP contribution >= 0.6 is 0 Å². The van der Waals surface area contributed by atoms with Gasteiger partial charge in [-0.05, 0) is 49.6 Å². The molecule has 2 aliphatic rings. The number of amides is 1. The normalized spacial score (nSPS) is 16.5. The van der Waals surface area contributed by atoms with Crippen molar-refractivity contribution in [2.45, 2.75) is 30.6 Å². The lowest BCUT2D eigenvalue weighted by Gasteiger charge is -2.30. The van der Waals surface area contributed by atoms with Gasteiger partial charge >= 0.3 is 0 Å². The summed E-state index contributed by atoms with van der Waals surface area (Å²) in [5.41, 5.74) is 1.64. The molecule has 0 aliphatic carbocycles. The van der Waals surface area contributed by atoms with Gasteiger partial charge in [-0.25, -0.2) is 12.7 Å². The Morgan fingerprint density at radius 3 is 2.38 bits per heavy atom. The molecule has 0 bridgehead atoms. The molecule has 0 saturated carbocycles. The first-order valence-corrected chi connectivity index (χ1v) is 12.3. The van der Waals surface area contributed by atoms with E-state index in [4.69, 9.17) is 9.47 Å². The highest BCUT2D eigenvalue weighted by Crippen LogP contribution is 2.33. The van der Waals surface area contributed by atoms with Gasteiger partial charge in [0.15, 0.2) is 11.5 Å². The molecule has 2 aromatic rings. The van der Waals surface area contributed by atoms with Crippen molar-refractivity contribution in [3.8, 4) is 11.5 Å². The maximum Gasteiger partial charge on any atom is 0.257 e. The van der Waals surface area contributed by atoms with Gasteiger partial charge in [-0.2, -0.15) is 0 Å². The van der Waals surface area contributed by atoms with Crippen LogP contribution < -0.4 is 19.7 Å². The molecule has 0 spiro atoms. The van der Waals surface area contributed by atoms with Crippen LogP contribution in [0.4, 0.5) is 11.4 Å². The minimum Gasteiger partial charge on any atom is -0.490 e. The predicted molar refractivity (Wildman–Crippen MR) is 123 cm³/mol. The van der Waals surface area contributed by atoms with Crippen molar-refractivity contribution in [3.63, 3.8) is 0 Å². The molecule has 4 rings (SSSR count). The van der Waals surface area contributed by atoms with E-state index in [0.717, 1.165) is 48.8 Å². The highest BCUT2D eigenvalue weighted by molar-refractivity contribution is 7.89. The van der Waals surface area contributed by atoms with E-state index in [0.29, 0.717) is 36.0 Å². The lowest BCUT2D eigenvalue weighted by Crippen LogP contribution is -2.32. The molecular weight excluding hydrogens is 430 g/mol. The molecule has 172 valence electrons. The van der Waals surface area contributed by atoms with E-state index in [1.165, 1.54) is 20.2 Å². The van der Waals surface area contributed by atoms with Crippen molar-refractivity contribution < 1.29 is 22.7 Å². The molecule has 0 aromatic heterocycles. The lowest BCUT2D eigenvalue weighted by molar-refractivity contribution is 0.102. The molecule has 2 heterocycles. The average molecular weight is 460 g/mol. The predicted octanol–water partition coefficient (Wildman–Crippen LogP) is 3.34. The zero-order valence-electron chi connectivity index (χ0n) is 18.5. The molecule has 8 nitrogen and oxygen atoms in total. The van der Waals surface area contributed by atoms with Gasteiger partial charge in [-0.3, -0.25) is 4.79 Å². The summed E-state index contributed by atoms with van der Waals surface area (Å²) in [6, 6.07) is 10.0. The van der Waals surface area contributed by atoms with Gasteiger partial charge in [-0.15, -0.1) is 0 Å². The number of carbonyl (C=O) groups is 1. The summed E-state index contributed by atoms with van der Waals surface area (Å²) in [7, 11) is -0.716. The SMILES string of the molecule is CN(C)S(=O)(=O)c1ccc(N2CCCCC2)c(C(=O)Nc2ccc3c(c2)OCCCO3)c1. The summed E-state index contributed by atoms with van der Waals surface area (Å²) in [5.74, 6) is 0.866. The third-order valence-corrected chi connectivity index (χ3v) is 7.50. The van der Waals surface area contributed by atoms with E-state index < -0.39 is 10.0 Å². The third-order valence-electron chi connectivity index (χ3n) is 5.69. The molecular formula is C23H29N3O5S. The molecule has 0 unspecified atom stereocenters. The van der Waals surface area contributed by atoms with Crippen molar-refractivity contribution in [2.75, 3.05) is 50.6 Å². The Hall–Kier alpha value is -2.78. The van der Waals surface area contributed by atoms with E-state index in [-0.39, 0.29) is 10.8 Å². The Kier molecular flexibility index (Phi) is 6.57. The zero-order valence-corrected chi connectivity index (χ0v) is 19.3.